The van der Waals surface area contributed by atoms with Crippen LogP contribution in [0.3, 0.4) is 0 Å². The van der Waals surface area contributed by atoms with Gasteiger partial charge in [0.25, 0.3) is 0 Å². The smallest absolute Gasteiger partial charge is 0.243 e. The third kappa shape index (κ3) is 5.43. The summed E-state index contributed by atoms with van der Waals surface area (Å²) < 4.78 is 30.0. The van der Waals surface area contributed by atoms with E-state index in [1.54, 1.807) is 25.3 Å². The number of fused-ring (bicyclic) bond motifs is 1. The highest BCUT2D eigenvalue weighted by atomic mass is 35.5. The number of hydrogen-bond acceptors (Lipinski definition) is 9. The molecule has 0 unspecified atom stereocenters. The molecular formula is C28H26ClN7O3S2. The zero-order chi connectivity index (χ0) is 28.6. The zero-order valence-electron chi connectivity index (χ0n) is 22.0. The van der Waals surface area contributed by atoms with Crippen molar-refractivity contribution < 1.29 is 13.6 Å². The molecule has 0 saturated carbocycles. The lowest BCUT2D eigenvalue weighted by molar-refractivity contribution is 0.319. The minimum absolute atomic E-state index is 0.162. The van der Waals surface area contributed by atoms with Crippen LogP contribution in [0.2, 0.25) is 5.02 Å². The van der Waals surface area contributed by atoms with Gasteiger partial charge in [-0.1, -0.05) is 35.0 Å². The summed E-state index contributed by atoms with van der Waals surface area (Å²) in [4.78, 5) is 15.2. The summed E-state index contributed by atoms with van der Waals surface area (Å²) in [6.45, 7) is 2.48. The third-order valence-corrected chi connectivity index (χ3v) is 9.92. The number of hydrogen-bond donors (Lipinski definition) is 2. The average molecular weight is 608 g/mol. The molecule has 0 spiro atoms. The Morgan fingerprint density at radius 3 is 2.80 bits per heavy atom. The van der Waals surface area contributed by atoms with Crippen molar-refractivity contribution >= 4 is 49.6 Å². The maximum atomic E-state index is 13.3. The van der Waals surface area contributed by atoms with Crippen LogP contribution in [-0.2, 0) is 10.0 Å². The van der Waals surface area contributed by atoms with Crippen LogP contribution in [0, 0.1) is 0 Å². The maximum absolute atomic E-state index is 13.3. The van der Waals surface area contributed by atoms with Gasteiger partial charge in [-0.3, -0.25) is 4.40 Å². The predicted molar refractivity (Wildman–Crippen MR) is 160 cm³/mol. The fraction of sp³-hybridized carbons (Fsp3) is 0.214. The van der Waals surface area contributed by atoms with Crippen molar-refractivity contribution in [2.24, 2.45) is 5.16 Å². The normalized spacial score (nSPS) is 16.7. The van der Waals surface area contributed by atoms with Gasteiger partial charge in [0.2, 0.25) is 16.0 Å². The van der Waals surface area contributed by atoms with Crippen LogP contribution in [0.5, 0.6) is 0 Å². The molecule has 0 amide bonds. The molecule has 0 bridgehead atoms. The van der Waals surface area contributed by atoms with Crippen molar-refractivity contribution in [2.75, 3.05) is 18.4 Å². The van der Waals surface area contributed by atoms with E-state index in [1.165, 1.54) is 27.8 Å². The fourth-order valence-corrected chi connectivity index (χ4v) is 7.32. The molecule has 41 heavy (non-hydrogen) atoms. The highest BCUT2D eigenvalue weighted by Gasteiger charge is 2.30. The lowest BCUT2D eigenvalue weighted by atomic mass is 10.0. The number of nitrogens with one attached hydrogen (secondary N) is 1. The third-order valence-electron chi connectivity index (χ3n) is 7.03. The predicted octanol–water partition coefficient (Wildman–Crippen LogP) is 5.64. The lowest BCUT2D eigenvalue weighted by Crippen LogP contribution is -2.45. The van der Waals surface area contributed by atoms with E-state index < -0.39 is 10.0 Å². The Labute approximate surface area is 246 Å². The molecule has 6 rings (SSSR count). The molecule has 1 fully saturated rings. The lowest BCUT2D eigenvalue weighted by Gasteiger charge is -2.32. The first-order valence-corrected chi connectivity index (χ1v) is 15.6. The number of anilines is 1. The van der Waals surface area contributed by atoms with Gasteiger partial charge in [-0.15, -0.1) is 11.3 Å². The summed E-state index contributed by atoms with van der Waals surface area (Å²) in [6.07, 6.45) is 5.13. The second-order valence-corrected chi connectivity index (χ2v) is 12.9. The van der Waals surface area contributed by atoms with Crippen molar-refractivity contribution in [2.45, 2.75) is 30.7 Å². The van der Waals surface area contributed by atoms with E-state index in [0.29, 0.717) is 41.9 Å². The van der Waals surface area contributed by atoms with Gasteiger partial charge in [0.1, 0.15) is 5.69 Å². The van der Waals surface area contributed by atoms with E-state index in [9.17, 15) is 13.6 Å². The van der Waals surface area contributed by atoms with Gasteiger partial charge in [-0.25, -0.2) is 23.4 Å². The number of aromatic nitrogens is 4. The van der Waals surface area contributed by atoms with Gasteiger partial charge in [0.05, 0.1) is 22.0 Å². The number of sulfonamides is 1. The first-order valence-electron chi connectivity index (χ1n) is 12.9. The van der Waals surface area contributed by atoms with Gasteiger partial charge >= 0.3 is 0 Å². The van der Waals surface area contributed by atoms with Gasteiger partial charge in [-0.2, -0.15) is 4.31 Å². The van der Waals surface area contributed by atoms with Gasteiger partial charge in [-0.05, 0) is 61.7 Å². The summed E-state index contributed by atoms with van der Waals surface area (Å²) in [7, 11) is -3.65. The molecule has 1 aliphatic heterocycles. The molecule has 5 aromatic rings. The standard InChI is InChI=1S/C28H26ClN7O3S2/c1-18(34-37)19-4-2-5-20(16-19)25-26(36-14-15-40-28(36)33-25)24-11-12-30-27(32-24)31-22-6-3-13-35(17-22)41(38,39)23-9-7-21(29)8-10-23/h2,4-5,7-12,14-16,22,37H,3,6,13,17H2,1H3,(H,30,31,32)/t22-/m1/s1. The number of rotatable bonds is 7. The summed E-state index contributed by atoms with van der Waals surface area (Å²) in [5.41, 5.74) is 4.36. The fourth-order valence-electron chi connectivity index (χ4n) is 4.96. The highest BCUT2D eigenvalue weighted by Crippen LogP contribution is 2.34. The summed E-state index contributed by atoms with van der Waals surface area (Å²) in [5, 5.41) is 18.4. The molecule has 0 aliphatic carbocycles. The molecule has 2 N–H and O–H groups in total. The first kappa shape index (κ1) is 27.3. The molecular weight excluding hydrogens is 582 g/mol. The molecule has 13 heteroatoms. The van der Waals surface area contributed by atoms with E-state index in [-0.39, 0.29) is 10.9 Å². The second-order valence-electron chi connectivity index (χ2n) is 9.70. The molecule has 4 heterocycles. The Bertz CT molecular complexity index is 1850. The number of thiazole rings is 1. The van der Waals surface area contributed by atoms with Gasteiger partial charge in [0, 0.05) is 47.5 Å². The monoisotopic (exact) mass is 607 g/mol. The van der Waals surface area contributed by atoms with E-state index in [0.717, 1.165) is 33.9 Å². The van der Waals surface area contributed by atoms with E-state index in [2.05, 4.69) is 15.5 Å². The van der Waals surface area contributed by atoms with Gasteiger partial charge < -0.3 is 10.5 Å². The average Bonchev–Trinajstić information content (AvgIpc) is 3.59. The molecule has 1 saturated heterocycles. The van der Waals surface area contributed by atoms with Crippen molar-refractivity contribution in [3.63, 3.8) is 0 Å². The van der Waals surface area contributed by atoms with Crippen LogP contribution in [0.1, 0.15) is 25.3 Å². The van der Waals surface area contributed by atoms with Crippen molar-refractivity contribution in [3.8, 4) is 22.6 Å². The molecule has 10 nitrogen and oxygen atoms in total. The van der Waals surface area contributed by atoms with Crippen LogP contribution >= 0.6 is 22.9 Å². The molecule has 3 aromatic heterocycles. The highest BCUT2D eigenvalue weighted by molar-refractivity contribution is 7.89. The number of benzene rings is 2. The Morgan fingerprint density at radius 2 is 2.00 bits per heavy atom. The summed E-state index contributed by atoms with van der Waals surface area (Å²) >= 11 is 7.48. The largest absolute Gasteiger partial charge is 0.411 e. The van der Waals surface area contributed by atoms with Crippen LogP contribution in [-0.4, -0.2) is 62.1 Å². The quantitative estimate of drug-likeness (QED) is 0.139. The summed E-state index contributed by atoms with van der Waals surface area (Å²) in [5.74, 6) is 0.409. The van der Waals surface area contributed by atoms with Gasteiger partial charge in [0.15, 0.2) is 4.96 Å². The van der Waals surface area contributed by atoms with Crippen LogP contribution in [0.15, 0.2) is 82.4 Å². The van der Waals surface area contributed by atoms with E-state index >= 15 is 0 Å². The van der Waals surface area contributed by atoms with Crippen LogP contribution in [0.25, 0.3) is 27.6 Å². The molecule has 1 atom stereocenters. The first-order chi connectivity index (χ1) is 19.8. The number of nitrogens with zero attached hydrogens (tertiary/aromatic N) is 6. The Morgan fingerprint density at radius 1 is 1.17 bits per heavy atom. The molecule has 0 radical (unpaired) electrons. The van der Waals surface area contributed by atoms with E-state index in [1.807, 2.05) is 46.3 Å². The molecule has 1 aliphatic rings. The number of piperidine rings is 1. The van der Waals surface area contributed by atoms with Crippen LogP contribution < -0.4 is 5.32 Å². The Balaban J connectivity index is 1.29. The minimum Gasteiger partial charge on any atom is -0.411 e. The maximum Gasteiger partial charge on any atom is 0.243 e. The second kappa shape index (κ2) is 11.2. The molecule has 2 aromatic carbocycles. The Kier molecular flexibility index (Phi) is 7.47. The SMILES string of the molecule is CC(=NO)c1cccc(-c2nc3sccn3c2-c2ccnc(N[C@@H]3CCCN(S(=O)(=O)c4ccc(Cl)cc4)C3)n2)c1. The minimum atomic E-state index is -3.65. The zero-order valence-corrected chi connectivity index (χ0v) is 24.4. The topological polar surface area (TPSA) is 125 Å². The molecule has 210 valence electrons. The van der Waals surface area contributed by atoms with Crippen molar-refractivity contribution in [1.82, 2.24) is 23.7 Å². The van der Waals surface area contributed by atoms with Crippen LogP contribution in [0.4, 0.5) is 5.95 Å². The number of oxime groups is 1. The number of halogens is 1. The number of imidazole rings is 1. The van der Waals surface area contributed by atoms with Crippen molar-refractivity contribution in [1.29, 1.82) is 0 Å². The Hall–Kier alpha value is -3.84. The van der Waals surface area contributed by atoms with E-state index in [4.69, 9.17) is 21.6 Å². The van der Waals surface area contributed by atoms with Crippen molar-refractivity contribution in [3.05, 3.63) is 83.0 Å². The summed E-state index contributed by atoms with van der Waals surface area (Å²) in [6, 6.07) is 15.6.